The summed E-state index contributed by atoms with van der Waals surface area (Å²) in [7, 11) is 0. The lowest BCUT2D eigenvalue weighted by atomic mass is 10.4. The molecule has 1 amide bonds. The largest absolute Gasteiger partial charge is 0.480 e. The molecule has 0 saturated carbocycles. The number of amides is 1. The van der Waals surface area contributed by atoms with Crippen molar-refractivity contribution in [2.75, 3.05) is 13.1 Å². The van der Waals surface area contributed by atoms with E-state index >= 15 is 0 Å². The lowest BCUT2D eigenvalue weighted by molar-refractivity contribution is -0.137. The van der Waals surface area contributed by atoms with Crippen molar-refractivity contribution in [3.8, 4) is 0 Å². The van der Waals surface area contributed by atoms with E-state index in [1.165, 1.54) is 16.2 Å². The number of thiophene rings is 1. The Bertz CT molecular complexity index is 377. The number of likely N-dealkylation sites (N-methyl/N-ethyl adjacent to an activating group) is 1. The molecule has 1 aromatic heterocycles. The molecule has 1 rings (SSSR count). The number of aliphatic carboxylic acids is 1. The molecule has 0 spiro atoms. The van der Waals surface area contributed by atoms with Crippen LogP contribution >= 0.6 is 27.3 Å². The summed E-state index contributed by atoms with van der Waals surface area (Å²) in [4.78, 5) is 24.1. The van der Waals surface area contributed by atoms with E-state index in [1.54, 1.807) is 18.4 Å². The molecule has 4 nitrogen and oxygen atoms in total. The van der Waals surface area contributed by atoms with Gasteiger partial charge in [-0.2, -0.15) is 0 Å². The van der Waals surface area contributed by atoms with Gasteiger partial charge in [-0.25, -0.2) is 0 Å². The number of hydrogen-bond donors (Lipinski definition) is 1. The summed E-state index contributed by atoms with van der Waals surface area (Å²) < 4.78 is 0.835. The summed E-state index contributed by atoms with van der Waals surface area (Å²) in [5.41, 5.74) is 0. The summed E-state index contributed by atoms with van der Waals surface area (Å²) >= 11 is 4.54. The van der Waals surface area contributed by atoms with Gasteiger partial charge in [0.05, 0.1) is 4.88 Å². The normalized spacial score (nSPS) is 10.0. The highest BCUT2D eigenvalue weighted by Gasteiger charge is 2.18. The molecule has 0 bridgehead atoms. The van der Waals surface area contributed by atoms with Crippen molar-refractivity contribution in [3.63, 3.8) is 0 Å². The van der Waals surface area contributed by atoms with Gasteiger partial charge in [-0.05, 0) is 28.9 Å². The van der Waals surface area contributed by atoms with Crippen molar-refractivity contribution in [1.82, 2.24) is 4.90 Å². The number of carboxylic acids is 1. The number of carbonyl (C=O) groups excluding carboxylic acids is 1. The summed E-state index contributed by atoms with van der Waals surface area (Å²) in [5, 5.41) is 10.4. The first-order valence-corrected chi connectivity index (χ1v) is 5.97. The van der Waals surface area contributed by atoms with Crippen LogP contribution in [0.5, 0.6) is 0 Å². The van der Waals surface area contributed by atoms with E-state index in [-0.39, 0.29) is 12.5 Å². The van der Waals surface area contributed by atoms with Gasteiger partial charge in [0.2, 0.25) is 0 Å². The molecule has 1 heterocycles. The third kappa shape index (κ3) is 3.32. The lowest BCUT2D eigenvalue weighted by Crippen LogP contribution is -2.34. The number of rotatable bonds is 4. The molecular weight excluding hydrogens is 282 g/mol. The zero-order valence-corrected chi connectivity index (χ0v) is 10.5. The molecule has 0 radical (unpaired) electrons. The van der Waals surface area contributed by atoms with Crippen molar-refractivity contribution in [2.45, 2.75) is 6.92 Å². The molecule has 0 aliphatic carbocycles. The second-order valence-electron chi connectivity index (χ2n) is 2.84. The summed E-state index contributed by atoms with van der Waals surface area (Å²) in [5.74, 6) is -1.24. The molecule has 1 aromatic rings. The van der Waals surface area contributed by atoms with Crippen LogP contribution in [-0.2, 0) is 4.79 Å². The highest BCUT2D eigenvalue weighted by Crippen LogP contribution is 2.21. The predicted octanol–water partition coefficient (Wildman–Crippen LogP) is 2.06. The van der Waals surface area contributed by atoms with Crippen LogP contribution in [0.15, 0.2) is 15.9 Å². The smallest absolute Gasteiger partial charge is 0.323 e. The van der Waals surface area contributed by atoms with Gasteiger partial charge in [0.25, 0.3) is 5.91 Å². The fourth-order valence-corrected chi connectivity index (χ4v) is 2.46. The minimum atomic E-state index is -0.999. The molecule has 82 valence electrons. The Morgan fingerprint density at radius 3 is 2.67 bits per heavy atom. The maximum absolute atomic E-state index is 11.8. The van der Waals surface area contributed by atoms with E-state index in [9.17, 15) is 9.59 Å². The van der Waals surface area contributed by atoms with Crippen LogP contribution in [0.2, 0.25) is 0 Å². The standard InChI is InChI=1S/C9H10BrNO3S/c1-2-11(4-8(12)13)9(14)7-3-6(10)5-15-7/h3,5H,2,4H2,1H3,(H,12,13). The van der Waals surface area contributed by atoms with Gasteiger partial charge in [-0.3, -0.25) is 9.59 Å². The first kappa shape index (κ1) is 12.2. The van der Waals surface area contributed by atoms with Crippen LogP contribution in [0, 0.1) is 0 Å². The van der Waals surface area contributed by atoms with Gasteiger partial charge in [0, 0.05) is 16.4 Å². The Balaban J connectivity index is 2.77. The maximum atomic E-state index is 11.8. The van der Waals surface area contributed by atoms with Gasteiger partial charge in [0.15, 0.2) is 0 Å². The molecule has 0 aromatic carbocycles. The van der Waals surface area contributed by atoms with Crippen molar-refractivity contribution >= 4 is 39.1 Å². The number of carboxylic acid groups (broad SMARTS) is 1. The van der Waals surface area contributed by atoms with E-state index in [0.29, 0.717) is 11.4 Å². The van der Waals surface area contributed by atoms with Crippen molar-refractivity contribution in [2.24, 2.45) is 0 Å². The number of nitrogens with zero attached hydrogens (tertiary/aromatic N) is 1. The molecule has 0 unspecified atom stereocenters. The molecule has 0 fully saturated rings. The monoisotopic (exact) mass is 291 g/mol. The topological polar surface area (TPSA) is 57.6 Å². The molecule has 0 aliphatic rings. The van der Waals surface area contributed by atoms with Gasteiger partial charge in [0.1, 0.15) is 6.54 Å². The predicted molar refractivity (Wildman–Crippen MR) is 61.2 cm³/mol. The SMILES string of the molecule is CCN(CC(=O)O)C(=O)c1cc(Br)cs1. The minimum Gasteiger partial charge on any atom is -0.480 e. The quantitative estimate of drug-likeness (QED) is 0.924. The second-order valence-corrected chi connectivity index (χ2v) is 4.67. The van der Waals surface area contributed by atoms with Crippen LogP contribution in [0.1, 0.15) is 16.6 Å². The van der Waals surface area contributed by atoms with E-state index in [2.05, 4.69) is 15.9 Å². The third-order valence-electron chi connectivity index (χ3n) is 1.77. The second kappa shape index (κ2) is 5.27. The summed E-state index contributed by atoms with van der Waals surface area (Å²) in [6.07, 6.45) is 0. The number of carbonyl (C=O) groups is 2. The van der Waals surface area contributed by atoms with Crippen LogP contribution in [0.25, 0.3) is 0 Å². The van der Waals surface area contributed by atoms with E-state index in [4.69, 9.17) is 5.11 Å². The molecule has 6 heteroatoms. The van der Waals surface area contributed by atoms with Crippen molar-refractivity contribution in [1.29, 1.82) is 0 Å². The van der Waals surface area contributed by atoms with Crippen molar-refractivity contribution < 1.29 is 14.7 Å². The highest BCUT2D eigenvalue weighted by molar-refractivity contribution is 9.10. The Morgan fingerprint density at radius 2 is 2.27 bits per heavy atom. The van der Waals surface area contributed by atoms with Gasteiger partial charge in [-0.15, -0.1) is 11.3 Å². The summed E-state index contributed by atoms with van der Waals surface area (Å²) in [6.45, 7) is 1.88. The molecule has 0 atom stereocenters. The van der Waals surface area contributed by atoms with E-state index < -0.39 is 5.97 Å². The average Bonchev–Trinajstić information content (AvgIpc) is 2.60. The van der Waals surface area contributed by atoms with Crippen LogP contribution in [0.3, 0.4) is 0 Å². The Kier molecular flexibility index (Phi) is 4.28. The van der Waals surface area contributed by atoms with Gasteiger partial charge >= 0.3 is 5.97 Å². The maximum Gasteiger partial charge on any atom is 0.323 e. The Hall–Kier alpha value is -0.880. The third-order valence-corrected chi connectivity index (χ3v) is 3.45. The van der Waals surface area contributed by atoms with Crippen LogP contribution in [-0.4, -0.2) is 35.0 Å². The highest BCUT2D eigenvalue weighted by atomic mass is 79.9. The number of halogens is 1. The van der Waals surface area contributed by atoms with Gasteiger partial charge in [-0.1, -0.05) is 0 Å². The number of hydrogen-bond acceptors (Lipinski definition) is 3. The summed E-state index contributed by atoms with van der Waals surface area (Å²) in [6, 6.07) is 1.69. The lowest BCUT2D eigenvalue weighted by Gasteiger charge is -2.17. The Morgan fingerprint density at radius 1 is 1.60 bits per heavy atom. The minimum absolute atomic E-state index is 0.240. The first-order chi connectivity index (χ1) is 7.04. The zero-order valence-electron chi connectivity index (χ0n) is 8.07. The molecule has 0 saturated heterocycles. The fourth-order valence-electron chi connectivity index (χ4n) is 1.07. The van der Waals surface area contributed by atoms with Crippen LogP contribution in [0.4, 0.5) is 0 Å². The Labute approximate surface area is 99.6 Å². The van der Waals surface area contributed by atoms with Crippen molar-refractivity contribution in [3.05, 3.63) is 20.8 Å². The van der Waals surface area contributed by atoms with E-state index in [1.807, 2.05) is 0 Å². The molecule has 15 heavy (non-hydrogen) atoms. The van der Waals surface area contributed by atoms with Crippen LogP contribution < -0.4 is 0 Å². The fraction of sp³-hybridized carbons (Fsp3) is 0.333. The van der Waals surface area contributed by atoms with Gasteiger partial charge < -0.3 is 10.0 Å². The average molecular weight is 292 g/mol. The molecular formula is C9H10BrNO3S. The molecule has 1 N–H and O–H groups in total. The first-order valence-electron chi connectivity index (χ1n) is 4.29. The van der Waals surface area contributed by atoms with E-state index in [0.717, 1.165) is 4.47 Å². The molecule has 0 aliphatic heterocycles. The zero-order chi connectivity index (χ0) is 11.4.